The quantitative estimate of drug-likeness (QED) is 0.385. The molecule has 0 spiro atoms. The molecule has 0 radical (unpaired) electrons. The van der Waals surface area contributed by atoms with E-state index in [0.29, 0.717) is 11.6 Å². The van der Waals surface area contributed by atoms with Gasteiger partial charge in [0.25, 0.3) is 5.91 Å². The van der Waals surface area contributed by atoms with Gasteiger partial charge in [-0.15, -0.1) is 0 Å². The van der Waals surface area contributed by atoms with Gasteiger partial charge in [-0.3, -0.25) is 9.69 Å². The molecule has 2 N–H and O–H groups in total. The zero-order valence-corrected chi connectivity index (χ0v) is 22.6. The predicted octanol–water partition coefficient (Wildman–Crippen LogP) is 4.25. The van der Waals surface area contributed by atoms with E-state index in [2.05, 4.69) is 50.0 Å². The first kappa shape index (κ1) is 25.9. The van der Waals surface area contributed by atoms with Crippen LogP contribution < -0.4 is 5.32 Å². The van der Waals surface area contributed by atoms with Crippen molar-refractivity contribution in [3.8, 4) is 11.1 Å². The second-order valence-corrected chi connectivity index (χ2v) is 10.3. The smallest absolute Gasteiger partial charge is 0.253 e. The number of pyridine rings is 2. The Morgan fingerprint density at radius 3 is 2.47 bits per heavy atom. The van der Waals surface area contributed by atoms with E-state index in [0.717, 1.165) is 66.0 Å². The summed E-state index contributed by atoms with van der Waals surface area (Å²) in [7, 11) is 7.46. The number of carbonyl (C=O) groups is 1. The summed E-state index contributed by atoms with van der Waals surface area (Å²) < 4.78 is 2.18. The van der Waals surface area contributed by atoms with Crippen molar-refractivity contribution in [1.82, 2.24) is 24.3 Å². The third-order valence-electron chi connectivity index (χ3n) is 7.71. The van der Waals surface area contributed by atoms with Crippen LogP contribution in [-0.4, -0.2) is 69.6 Å². The maximum absolute atomic E-state index is 12.2. The monoisotopic (exact) mass is 512 g/mol. The lowest BCUT2D eigenvalue weighted by Gasteiger charge is -2.32. The summed E-state index contributed by atoms with van der Waals surface area (Å²) in [5, 5.41) is 14.1. The van der Waals surface area contributed by atoms with Crippen molar-refractivity contribution in [3.63, 3.8) is 0 Å². The Bertz CT molecular complexity index is 1440. The Labute approximate surface area is 223 Å². The van der Waals surface area contributed by atoms with Crippen LogP contribution in [0.15, 0.2) is 54.7 Å². The molecule has 198 valence electrons. The van der Waals surface area contributed by atoms with E-state index in [9.17, 15) is 9.90 Å². The highest BCUT2D eigenvalue weighted by Gasteiger charge is 2.23. The number of benzene rings is 1. The largest absolute Gasteiger partial charge is 0.390 e. The molecule has 1 saturated heterocycles. The van der Waals surface area contributed by atoms with Crippen LogP contribution in [0, 0.1) is 0 Å². The van der Waals surface area contributed by atoms with Gasteiger partial charge in [-0.1, -0.05) is 12.1 Å². The number of piperidine rings is 1. The number of aromatic nitrogens is 3. The fraction of sp³-hybridized carbons (Fsp3) is 0.367. The average molecular weight is 513 g/mol. The van der Waals surface area contributed by atoms with Gasteiger partial charge in [-0.25, -0.2) is 9.97 Å². The van der Waals surface area contributed by atoms with E-state index >= 15 is 0 Å². The van der Waals surface area contributed by atoms with E-state index in [1.54, 1.807) is 19.0 Å². The first-order valence-corrected chi connectivity index (χ1v) is 13.2. The lowest BCUT2D eigenvalue weighted by Crippen LogP contribution is -2.33. The molecule has 0 unspecified atom stereocenters. The normalized spacial score (nSPS) is 14.7. The lowest BCUT2D eigenvalue weighted by atomic mass is 9.89. The number of hydrogen-bond acceptors (Lipinski definition) is 6. The summed E-state index contributed by atoms with van der Waals surface area (Å²) in [6, 6.07) is 16.3. The zero-order valence-electron chi connectivity index (χ0n) is 22.6. The number of hydrogen-bond donors (Lipinski definition) is 2. The molecule has 4 aromatic rings. The van der Waals surface area contributed by atoms with Crippen LogP contribution in [0.3, 0.4) is 0 Å². The number of fused-ring (bicyclic) bond motifs is 1. The minimum atomic E-state index is -0.127. The van der Waals surface area contributed by atoms with E-state index in [4.69, 9.17) is 0 Å². The van der Waals surface area contributed by atoms with Crippen molar-refractivity contribution < 1.29 is 9.90 Å². The Morgan fingerprint density at radius 1 is 1.08 bits per heavy atom. The minimum absolute atomic E-state index is 0.0396. The summed E-state index contributed by atoms with van der Waals surface area (Å²) in [6.07, 6.45) is 4.02. The fourth-order valence-electron chi connectivity index (χ4n) is 5.47. The average Bonchev–Trinajstić information content (AvgIpc) is 3.27. The van der Waals surface area contributed by atoms with Crippen LogP contribution in [0.25, 0.3) is 22.2 Å². The van der Waals surface area contributed by atoms with Crippen LogP contribution >= 0.6 is 0 Å². The van der Waals surface area contributed by atoms with E-state index in [-0.39, 0.29) is 12.5 Å². The molecule has 4 heterocycles. The number of nitrogens with one attached hydrogen (secondary N) is 1. The SMILES string of the molecule is CNc1ccc(-c2ccnc3c2cc(CN2CCC(c4ccc(C(=O)N(C)C)cc4)CC2)n3C)c(CO)n1. The Kier molecular flexibility index (Phi) is 7.44. The van der Waals surface area contributed by atoms with Gasteiger partial charge >= 0.3 is 0 Å². The van der Waals surface area contributed by atoms with Crippen molar-refractivity contribution in [2.75, 3.05) is 39.5 Å². The molecule has 38 heavy (non-hydrogen) atoms. The van der Waals surface area contributed by atoms with Crippen LogP contribution in [0.4, 0.5) is 5.82 Å². The number of amides is 1. The third kappa shape index (κ3) is 5.01. The molecule has 1 aromatic carbocycles. The Hall–Kier alpha value is -3.75. The zero-order chi connectivity index (χ0) is 26.8. The van der Waals surface area contributed by atoms with Gasteiger partial charge in [0.05, 0.1) is 12.3 Å². The van der Waals surface area contributed by atoms with Crippen molar-refractivity contribution in [2.24, 2.45) is 7.05 Å². The molecule has 8 heteroatoms. The number of aliphatic hydroxyl groups excluding tert-OH is 1. The van der Waals surface area contributed by atoms with Gasteiger partial charge in [0.15, 0.2) is 0 Å². The highest BCUT2D eigenvalue weighted by molar-refractivity contribution is 5.95. The maximum atomic E-state index is 12.2. The van der Waals surface area contributed by atoms with Gasteiger partial charge in [-0.05, 0) is 79.4 Å². The lowest BCUT2D eigenvalue weighted by molar-refractivity contribution is 0.0827. The third-order valence-corrected chi connectivity index (χ3v) is 7.71. The molecule has 0 saturated carbocycles. The molecule has 8 nitrogen and oxygen atoms in total. The van der Waals surface area contributed by atoms with Gasteiger partial charge in [0.1, 0.15) is 11.5 Å². The molecule has 0 bridgehead atoms. The first-order chi connectivity index (χ1) is 18.4. The van der Waals surface area contributed by atoms with Gasteiger partial charge in [0.2, 0.25) is 0 Å². The number of aryl methyl sites for hydroxylation is 1. The number of rotatable bonds is 7. The van der Waals surface area contributed by atoms with Crippen LogP contribution in [0.5, 0.6) is 0 Å². The Morgan fingerprint density at radius 2 is 1.82 bits per heavy atom. The minimum Gasteiger partial charge on any atom is -0.390 e. The second-order valence-electron chi connectivity index (χ2n) is 10.3. The van der Waals surface area contributed by atoms with E-state index in [1.807, 2.05) is 43.6 Å². The number of likely N-dealkylation sites (tertiary alicyclic amines) is 1. The molecule has 5 rings (SSSR count). The van der Waals surface area contributed by atoms with Crippen molar-refractivity contribution >= 4 is 22.8 Å². The number of aliphatic hydroxyl groups is 1. The Balaban J connectivity index is 1.31. The highest BCUT2D eigenvalue weighted by Crippen LogP contribution is 2.33. The molecule has 0 atom stereocenters. The number of anilines is 1. The maximum Gasteiger partial charge on any atom is 0.253 e. The van der Waals surface area contributed by atoms with Gasteiger partial charge in [-0.2, -0.15) is 0 Å². The molecule has 1 amide bonds. The number of carbonyl (C=O) groups excluding carboxylic acids is 1. The van der Waals surface area contributed by atoms with Gasteiger partial charge < -0.3 is 19.9 Å². The fourth-order valence-corrected chi connectivity index (χ4v) is 5.47. The van der Waals surface area contributed by atoms with E-state index in [1.165, 1.54) is 11.3 Å². The predicted molar refractivity (Wildman–Crippen MR) is 151 cm³/mol. The van der Waals surface area contributed by atoms with Crippen molar-refractivity contribution in [1.29, 1.82) is 0 Å². The molecular formula is C30H36N6O2. The standard InChI is InChI=1S/C30H36N6O2/c1-31-28-10-9-25(27(19-37)33-28)24-11-14-32-29-26(24)17-23(35(29)4)18-36-15-12-21(13-16-36)20-5-7-22(8-6-20)30(38)34(2)3/h5-11,14,17,21,37H,12-13,15-16,18-19H2,1-4H3,(H,31,33). The van der Waals surface area contributed by atoms with Gasteiger partial charge in [0, 0.05) is 63.1 Å². The first-order valence-electron chi connectivity index (χ1n) is 13.2. The van der Waals surface area contributed by atoms with E-state index < -0.39 is 0 Å². The summed E-state index contributed by atoms with van der Waals surface area (Å²) in [5.74, 6) is 1.29. The molecular weight excluding hydrogens is 476 g/mol. The van der Waals surface area contributed by atoms with Crippen molar-refractivity contribution in [2.45, 2.75) is 31.9 Å². The molecule has 3 aromatic heterocycles. The molecule has 1 fully saturated rings. The van der Waals surface area contributed by atoms with Crippen molar-refractivity contribution in [3.05, 3.63) is 77.2 Å². The summed E-state index contributed by atoms with van der Waals surface area (Å²) in [4.78, 5) is 25.5. The molecule has 1 aliphatic rings. The summed E-state index contributed by atoms with van der Waals surface area (Å²) in [6.45, 7) is 2.78. The number of nitrogens with zero attached hydrogens (tertiary/aromatic N) is 5. The second kappa shape index (κ2) is 10.9. The summed E-state index contributed by atoms with van der Waals surface area (Å²) in [5.41, 5.74) is 6.81. The highest BCUT2D eigenvalue weighted by atomic mass is 16.3. The summed E-state index contributed by atoms with van der Waals surface area (Å²) >= 11 is 0. The van der Waals surface area contributed by atoms with Crippen LogP contribution in [-0.2, 0) is 20.2 Å². The molecule has 1 aliphatic heterocycles. The van der Waals surface area contributed by atoms with Crippen LogP contribution in [0.1, 0.15) is 46.1 Å². The molecule has 0 aliphatic carbocycles. The topological polar surface area (TPSA) is 86.5 Å². The van der Waals surface area contributed by atoms with Crippen LogP contribution in [0.2, 0.25) is 0 Å².